The van der Waals surface area contributed by atoms with Gasteiger partial charge in [0, 0.05) is 13.1 Å². The molecule has 20 heavy (non-hydrogen) atoms. The number of aromatic nitrogens is 1. The van der Waals surface area contributed by atoms with E-state index in [0.717, 1.165) is 31.6 Å². The Labute approximate surface area is 123 Å². The number of anilines is 1. The number of likely N-dealkylation sites (tertiary alicyclic amines) is 1. The molecule has 0 aliphatic carbocycles. The number of piperidine rings is 1. The van der Waals surface area contributed by atoms with Gasteiger partial charge in [0.05, 0.1) is 11.3 Å². The van der Waals surface area contributed by atoms with Gasteiger partial charge >= 0.3 is 0 Å². The van der Waals surface area contributed by atoms with Crippen molar-refractivity contribution in [2.24, 2.45) is 0 Å². The summed E-state index contributed by atoms with van der Waals surface area (Å²) in [6.45, 7) is 6.86. The summed E-state index contributed by atoms with van der Waals surface area (Å²) in [5, 5.41) is 3.86. The van der Waals surface area contributed by atoms with Crippen LogP contribution >= 0.6 is 11.5 Å². The highest BCUT2D eigenvalue weighted by Gasteiger charge is 2.24. The molecule has 1 aromatic heterocycles. The van der Waals surface area contributed by atoms with Crippen LogP contribution in [0, 0.1) is 6.92 Å². The van der Waals surface area contributed by atoms with Crippen molar-refractivity contribution in [3.63, 3.8) is 0 Å². The minimum absolute atomic E-state index is 0.0172. The lowest BCUT2D eigenvalue weighted by Crippen LogP contribution is -2.43. The topological polar surface area (TPSA) is 62.3 Å². The highest BCUT2D eigenvalue weighted by atomic mass is 32.1. The highest BCUT2D eigenvalue weighted by molar-refractivity contribution is 7.10. The lowest BCUT2D eigenvalue weighted by atomic mass is 10.1. The number of hydrogen-bond donors (Lipinski definition) is 1. The van der Waals surface area contributed by atoms with Crippen molar-refractivity contribution < 1.29 is 9.59 Å². The van der Waals surface area contributed by atoms with Crippen molar-refractivity contribution in [2.75, 3.05) is 18.4 Å². The molecule has 2 heterocycles. The predicted octanol–water partition coefficient (Wildman–Crippen LogP) is 2.47. The summed E-state index contributed by atoms with van der Waals surface area (Å²) in [5.41, 5.74) is 1.33. The molecule has 0 spiro atoms. The van der Waals surface area contributed by atoms with Crippen LogP contribution in [0.3, 0.4) is 0 Å². The summed E-state index contributed by atoms with van der Waals surface area (Å²) in [6.07, 6.45) is 3.36. The van der Waals surface area contributed by atoms with Gasteiger partial charge in [0.2, 0.25) is 5.91 Å². The third-order valence-electron chi connectivity index (χ3n) is 3.60. The average molecular weight is 295 g/mol. The Morgan fingerprint density at radius 1 is 1.30 bits per heavy atom. The third-order valence-corrected chi connectivity index (χ3v) is 4.47. The largest absolute Gasteiger partial charge is 0.364 e. The van der Waals surface area contributed by atoms with E-state index in [1.807, 2.05) is 18.7 Å². The van der Waals surface area contributed by atoms with E-state index in [9.17, 15) is 9.59 Å². The molecule has 1 fully saturated rings. The molecule has 6 heteroatoms. The quantitative estimate of drug-likeness (QED) is 0.867. The van der Waals surface area contributed by atoms with E-state index in [4.69, 9.17) is 0 Å². The van der Waals surface area contributed by atoms with E-state index in [2.05, 4.69) is 9.69 Å². The van der Waals surface area contributed by atoms with Crippen LogP contribution in [0.25, 0.3) is 0 Å². The summed E-state index contributed by atoms with van der Waals surface area (Å²) in [4.78, 5) is 25.9. The Kier molecular flexibility index (Phi) is 4.75. The van der Waals surface area contributed by atoms with Crippen molar-refractivity contribution in [1.29, 1.82) is 0 Å². The van der Waals surface area contributed by atoms with Crippen LogP contribution in [0.1, 0.15) is 49.2 Å². The van der Waals surface area contributed by atoms with Crippen LogP contribution < -0.4 is 5.32 Å². The summed E-state index contributed by atoms with van der Waals surface area (Å²) in [5.74, 6) is 0.0848. The van der Waals surface area contributed by atoms with Gasteiger partial charge in [-0.3, -0.25) is 9.59 Å². The van der Waals surface area contributed by atoms with E-state index in [1.165, 1.54) is 24.9 Å². The van der Waals surface area contributed by atoms with Gasteiger partial charge in [-0.05, 0) is 51.6 Å². The molecule has 0 aromatic carbocycles. The van der Waals surface area contributed by atoms with Gasteiger partial charge in [-0.1, -0.05) is 0 Å². The Balaban J connectivity index is 2.05. The normalized spacial score (nSPS) is 16.9. The zero-order valence-corrected chi connectivity index (χ0v) is 13.0. The van der Waals surface area contributed by atoms with Gasteiger partial charge in [0.1, 0.15) is 11.0 Å². The molecule has 1 aliphatic heterocycles. The summed E-state index contributed by atoms with van der Waals surface area (Å²) < 4.78 is 4.20. The maximum atomic E-state index is 12.4. The second-order valence-electron chi connectivity index (χ2n) is 5.28. The molecule has 110 valence electrons. The first-order valence-electron chi connectivity index (χ1n) is 7.03. The fraction of sp³-hybridized carbons (Fsp3) is 0.643. The van der Waals surface area contributed by atoms with Gasteiger partial charge in [-0.25, -0.2) is 0 Å². The molecule has 0 saturated carbocycles. The SMILES string of the molecule is CC(=O)c1c(C)nsc1NC(C)C(=O)N1CCCCC1. The molecule has 0 bridgehead atoms. The number of Topliss-reactive ketones (excluding diaryl/α,β-unsaturated/α-hetero) is 1. The average Bonchev–Trinajstić information content (AvgIpc) is 2.79. The van der Waals surface area contributed by atoms with Crippen LogP contribution in [-0.4, -0.2) is 40.1 Å². The fourth-order valence-electron chi connectivity index (χ4n) is 2.53. The minimum Gasteiger partial charge on any atom is -0.364 e. The standard InChI is InChI=1S/C14H21N3O2S/c1-9-12(11(3)18)13(20-16-9)15-10(2)14(19)17-7-5-4-6-8-17/h10,15H,4-8H2,1-3H3. The number of carbonyl (C=O) groups excluding carboxylic acids is 2. The van der Waals surface area contributed by atoms with Crippen LogP contribution in [0.2, 0.25) is 0 Å². The summed E-state index contributed by atoms with van der Waals surface area (Å²) in [6, 6.07) is -0.328. The fourth-order valence-corrected chi connectivity index (χ4v) is 3.46. The molecule has 1 aromatic rings. The Bertz CT molecular complexity index is 507. The van der Waals surface area contributed by atoms with Gasteiger partial charge in [-0.15, -0.1) is 0 Å². The van der Waals surface area contributed by atoms with Gasteiger partial charge in [0.25, 0.3) is 0 Å². The smallest absolute Gasteiger partial charge is 0.244 e. The van der Waals surface area contributed by atoms with Gasteiger partial charge in [0.15, 0.2) is 5.78 Å². The van der Waals surface area contributed by atoms with Crippen LogP contribution in [-0.2, 0) is 4.79 Å². The number of rotatable bonds is 4. The monoisotopic (exact) mass is 295 g/mol. The van der Waals surface area contributed by atoms with Crippen molar-refractivity contribution >= 4 is 28.2 Å². The van der Waals surface area contributed by atoms with Crippen molar-refractivity contribution in [2.45, 2.75) is 46.1 Å². The first kappa shape index (κ1) is 15.0. The van der Waals surface area contributed by atoms with E-state index < -0.39 is 0 Å². The van der Waals surface area contributed by atoms with E-state index in [1.54, 1.807) is 0 Å². The van der Waals surface area contributed by atoms with E-state index in [-0.39, 0.29) is 17.7 Å². The molecule has 1 amide bonds. The Morgan fingerprint density at radius 3 is 2.55 bits per heavy atom. The number of nitrogens with zero attached hydrogens (tertiary/aromatic N) is 2. The maximum absolute atomic E-state index is 12.4. The molecule has 2 rings (SSSR count). The Morgan fingerprint density at radius 2 is 1.95 bits per heavy atom. The molecule has 1 atom stereocenters. The van der Waals surface area contributed by atoms with E-state index >= 15 is 0 Å². The van der Waals surface area contributed by atoms with Crippen LogP contribution in [0.4, 0.5) is 5.00 Å². The lowest BCUT2D eigenvalue weighted by Gasteiger charge is -2.29. The number of nitrogens with one attached hydrogen (secondary N) is 1. The van der Waals surface area contributed by atoms with Crippen LogP contribution in [0.5, 0.6) is 0 Å². The first-order valence-corrected chi connectivity index (χ1v) is 7.80. The number of ketones is 1. The maximum Gasteiger partial charge on any atom is 0.244 e. The molecule has 1 saturated heterocycles. The van der Waals surface area contributed by atoms with Gasteiger partial charge in [-0.2, -0.15) is 4.37 Å². The Hall–Kier alpha value is -1.43. The molecular weight excluding hydrogens is 274 g/mol. The van der Waals surface area contributed by atoms with Crippen LogP contribution in [0.15, 0.2) is 0 Å². The lowest BCUT2D eigenvalue weighted by molar-refractivity contribution is -0.132. The van der Waals surface area contributed by atoms with Crippen molar-refractivity contribution in [3.05, 3.63) is 11.3 Å². The van der Waals surface area contributed by atoms with Gasteiger partial charge < -0.3 is 10.2 Å². The number of hydrogen-bond acceptors (Lipinski definition) is 5. The first-order chi connectivity index (χ1) is 9.50. The highest BCUT2D eigenvalue weighted by Crippen LogP contribution is 2.26. The molecule has 0 radical (unpaired) electrons. The predicted molar refractivity (Wildman–Crippen MR) is 80.4 cm³/mol. The zero-order valence-electron chi connectivity index (χ0n) is 12.2. The minimum atomic E-state index is -0.328. The molecule has 1 N–H and O–H groups in total. The number of carbonyl (C=O) groups is 2. The molecule has 1 unspecified atom stereocenters. The third kappa shape index (κ3) is 3.17. The molecule has 5 nitrogen and oxygen atoms in total. The number of aryl methyl sites for hydroxylation is 1. The van der Waals surface area contributed by atoms with Crippen molar-refractivity contribution in [3.8, 4) is 0 Å². The zero-order chi connectivity index (χ0) is 14.7. The van der Waals surface area contributed by atoms with E-state index in [0.29, 0.717) is 10.6 Å². The molecule has 1 aliphatic rings. The summed E-state index contributed by atoms with van der Waals surface area (Å²) >= 11 is 1.24. The second-order valence-corrected chi connectivity index (χ2v) is 6.05. The summed E-state index contributed by atoms with van der Waals surface area (Å²) in [7, 11) is 0. The molecular formula is C14H21N3O2S. The number of amides is 1. The second kappa shape index (κ2) is 6.35. The van der Waals surface area contributed by atoms with Crippen molar-refractivity contribution in [1.82, 2.24) is 9.27 Å².